The molecule has 3 heterocycles. The summed E-state index contributed by atoms with van der Waals surface area (Å²) in [6.45, 7) is 9.08. The topological polar surface area (TPSA) is 242 Å². The molecule has 3 aromatic rings. The number of carbonyl (C=O) groups is 3. The second-order valence-electron chi connectivity index (χ2n) is 18.8. The van der Waals surface area contributed by atoms with Crippen LogP contribution >= 0.6 is 0 Å². The fourth-order valence-corrected chi connectivity index (χ4v) is 11.1. The molecular formula is C50H58N3O14S3+. The van der Waals surface area contributed by atoms with Crippen molar-refractivity contribution in [2.75, 3.05) is 23.7 Å². The summed E-state index contributed by atoms with van der Waals surface area (Å²) in [5.41, 5.74) is 5.62. The first-order valence-corrected chi connectivity index (χ1v) is 27.6. The maximum absolute atomic E-state index is 12.5. The van der Waals surface area contributed by atoms with Crippen LogP contribution in [0.25, 0.3) is 0 Å². The minimum absolute atomic E-state index is 0.00561. The van der Waals surface area contributed by atoms with Crippen LogP contribution in [0.2, 0.25) is 0 Å². The van der Waals surface area contributed by atoms with Gasteiger partial charge in [-0.15, -0.1) is 5.06 Å². The largest absolute Gasteiger partial charge is 0.457 e. The average molecular weight is 1020 g/mol. The number of nitrogens with zero attached hydrogens (tertiary/aromatic N) is 3. The van der Waals surface area contributed by atoms with Crippen LogP contribution in [0.4, 0.5) is 11.4 Å². The number of benzene rings is 3. The predicted molar refractivity (Wildman–Crippen MR) is 260 cm³/mol. The molecule has 3 N–H and O–H groups in total. The molecule has 0 aromatic heterocycles. The molecule has 0 atom stereocenters. The van der Waals surface area contributed by atoms with Gasteiger partial charge in [-0.2, -0.15) is 29.8 Å². The van der Waals surface area contributed by atoms with Crippen molar-refractivity contribution in [1.82, 2.24) is 5.06 Å². The fourth-order valence-electron chi connectivity index (χ4n) is 9.52. The van der Waals surface area contributed by atoms with Crippen LogP contribution in [0.1, 0.15) is 109 Å². The summed E-state index contributed by atoms with van der Waals surface area (Å²) in [6.07, 6.45) is 12.2. The van der Waals surface area contributed by atoms with Gasteiger partial charge in [0.1, 0.15) is 18.1 Å². The maximum Gasteiger partial charge on any atom is 0.333 e. The number of hydrogen-bond donors (Lipinski definition) is 3. The second-order valence-corrected chi connectivity index (χ2v) is 23.2. The van der Waals surface area contributed by atoms with E-state index >= 15 is 0 Å². The summed E-state index contributed by atoms with van der Waals surface area (Å²) in [7, 11) is -13.1. The number of allylic oxidation sites excluding steroid dienone is 7. The minimum atomic E-state index is -4.54. The third kappa shape index (κ3) is 11.7. The first kappa shape index (κ1) is 52.1. The SMILES string of the molecule is CC1(C)C(/C=C/C2=C(Oc3ccc(S(=O)(=O)O)cc3)C(=C/C=C3/N(CCCCCC(=O)ON4C(=O)CCC4=O)c4ccc(S(=O)(=O)O)cc4C3(C)C)/CCC2)=[N+](CCCCS(=O)(=O)O)c2ccccc21. The Morgan fingerprint density at radius 1 is 0.729 bits per heavy atom. The minimum Gasteiger partial charge on any atom is -0.457 e. The van der Waals surface area contributed by atoms with E-state index in [4.69, 9.17) is 9.57 Å². The lowest BCUT2D eigenvalue weighted by Gasteiger charge is -2.27. The van der Waals surface area contributed by atoms with E-state index in [-0.39, 0.29) is 41.2 Å². The molecule has 1 aliphatic carbocycles. The number of para-hydroxylation sites is 1. The molecule has 3 aliphatic heterocycles. The summed E-state index contributed by atoms with van der Waals surface area (Å²) in [6, 6.07) is 17.9. The van der Waals surface area contributed by atoms with E-state index in [0.717, 1.165) is 45.9 Å². The van der Waals surface area contributed by atoms with Gasteiger partial charge in [0.2, 0.25) is 5.69 Å². The van der Waals surface area contributed by atoms with Crippen LogP contribution in [0.3, 0.4) is 0 Å². The number of hydroxylamine groups is 2. The van der Waals surface area contributed by atoms with Gasteiger partial charge in [-0.05, 0) is 124 Å². The zero-order valence-electron chi connectivity index (χ0n) is 39.5. The van der Waals surface area contributed by atoms with Crippen LogP contribution < -0.4 is 9.64 Å². The number of hydrogen-bond acceptors (Lipinski definition) is 12. The Kier molecular flexibility index (Phi) is 15.3. The summed E-state index contributed by atoms with van der Waals surface area (Å²) >= 11 is 0. The van der Waals surface area contributed by atoms with Crippen LogP contribution in [-0.4, -0.2) is 90.9 Å². The Balaban J connectivity index is 1.24. The smallest absolute Gasteiger partial charge is 0.333 e. The molecule has 0 spiro atoms. The highest BCUT2D eigenvalue weighted by Crippen LogP contribution is 2.49. The number of imide groups is 1. The monoisotopic (exact) mass is 1020 g/mol. The number of unbranched alkanes of at least 4 members (excludes halogenated alkanes) is 3. The third-order valence-corrected chi connectivity index (χ3v) is 15.7. The normalized spacial score (nSPS) is 19.2. The van der Waals surface area contributed by atoms with Gasteiger partial charge >= 0.3 is 5.97 Å². The van der Waals surface area contributed by atoms with Gasteiger partial charge in [0.25, 0.3) is 42.2 Å². The molecule has 7 rings (SSSR count). The fraction of sp³-hybridized carbons (Fsp3) is 0.400. The van der Waals surface area contributed by atoms with Gasteiger partial charge in [0.15, 0.2) is 5.71 Å². The van der Waals surface area contributed by atoms with E-state index in [2.05, 4.69) is 29.4 Å². The lowest BCUT2D eigenvalue weighted by molar-refractivity contribution is -0.438. The van der Waals surface area contributed by atoms with Gasteiger partial charge < -0.3 is 14.5 Å². The van der Waals surface area contributed by atoms with Crippen molar-refractivity contribution in [3.63, 3.8) is 0 Å². The second kappa shape index (κ2) is 20.5. The van der Waals surface area contributed by atoms with Gasteiger partial charge in [-0.1, -0.05) is 44.5 Å². The number of fused-ring (bicyclic) bond motifs is 2. The molecule has 2 amide bonds. The summed E-state index contributed by atoms with van der Waals surface area (Å²) in [5, 5.41) is 0.527. The van der Waals surface area contributed by atoms with E-state index in [1.165, 1.54) is 36.4 Å². The Morgan fingerprint density at radius 2 is 1.40 bits per heavy atom. The number of ether oxygens (including phenoxy) is 1. The molecular weight excluding hydrogens is 963 g/mol. The number of amides is 2. The first-order chi connectivity index (χ1) is 32.9. The number of carbonyl (C=O) groups excluding carboxylic acids is 3. The number of rotatable bonds is 19. The van der Waals surface area contributed by atoms with E-state index in [9.17, 15) is 53.3 Å². The van der Waals surface area contributed by atoms with Crippen molar-refractivity contribution >= 4 is 65.2 Å². The van der Waals surface area contributed by atoms with E-state index in [1.807, 2.05) is 56.4 Å². The van der Waals surface area contributed by atoms with Gasteiger partial charge in [0.05, 0.1) is 21.0 Å². The maximum atomic E-state index is 12.5. The third-order valence-electron chi connectivity index (χ3n) is 13.2. The van der Waals surface area contributed by atoms with Crippen molar-refractivity contribution in [2.24, 2.45) is 0 Å². The molecule has 0 radical (unpaired) electrons. The predicted octanol–water partition coefficient (Wildman–Crippen LogP) is 8.07. The highest BCUT2D eigenvalue weighted by molar-refractivity contribution is 7.86. The lowest BCUT2D eigenvalue weighted by Crippen LogP contribution is -2.32. The summed E-state index contributed by atoms with van der Waals surface area (Å²) < 4.78 is 110. The van der Waals surface area contributed by atoms with Crippen molar-refractivity contribution in [1.29, 1.82) is 0 Å². The van der Waals surface area contributed by atoms with Gasteiger partial charge in [0, 0.05) is 66.7 Å². The zero-order chi connectivity index (χ0) is 50.8. The lowest BCUT2D eigenvalue weighted by atomic mass is 9.81. The van der Waals surface area contributed by atoms with Crippen LogP contribution in [-0.2, 0) is 60.4 Å². The average Bonchev–Trinajstić information content (AvgIpc) is 3.80. The van der Waals surface area contributed by atoms with Crippen molar-refractivity contribution < 1.29 is 67.4 Å². The Hall–Kier alpha value is -5.77. The van der Waals surface area contributed by atoms with Crippen molar-refractivity contribution in [3.05, 3.63) is 125 Å². The highest BCUT2D eigenvalue weighted by atomic mass is 32.2. The quantitative estimate of drug-likeness (QED) is 0.0445. The molecule has 1 saturated heterocycles. The Morgan fingerprint density at radius 3 is 2.07 bits per heavy atom. The highest BCUT2D eigenvalue weighted by Gasteiger charge is 2.44. The van der Waals surface area contributed by atoms with Gasteiger partial charge in [-0.25, -0.2) is 4.79 Å². The van der Waals surface area contributed by atoms with E-state index < -0.39 is 59.0 Å². The number of anilines is 1. The molecule has 4 aliphatic rings. The van der Waals surface area contributed by atoms with Crippen LogP contribution in [0.5, 0.6) is 5.75 Å². The molecule has 0 saturated carbocycles. The molecule has 0 unspecified atom stereocenters. The Bertz CT molecular complexity index is 3080. The van der Waals surface area contributed by atoms with Crippen molar-refractivity contribution in [2.45, 2.75) is 119 Å². The van der Waals surface area contributed by atoms with Gasteiger partial charge in [-0.3, -0.25) is 23.2 Å². The standard InChI is InChI=1S/C50H57N3O14S3/c1-49(2)39-15-7-8-16-41(39)51(31-10-11-32-68(57,58)59)43(49)26-18-34-13-12-14-35(48(34)66-36-20-22-37(23-21-36)69(60,61)62)19-27-44-50(3,4)40-33-38(70(63,64)65)24-25-42(40)52(44)30-9-5-6-17-47(56)67-53-45(54)28-29-46(53)55/h7-8,15-16,18-27,33H,5-6,9-14,17,28-32H2,1-4H3,(H2-,57,58,59,60,61,62,63,64,65)/p+1. The first-order valence-electron chi connectivity index (χ1n) is 23.1. The van der Waals surface area contributed by atoms with E-state index in [1.54, 1.807) is 6.07 Å². The summed E-state index contributed by atoms with van der Waals surface area (Å²) in [4.78, 5) is 42.9. The molecule has 0 bridgehead atoms. The van der Waals surface area contributed by atoms with E-state index in [0.29, 0.717) is 73.7 Å². The zero-order valence-corrected chi connectivity index (χ0v) is 41.9. The molecule has 20 heteroatoms. The molecule has 70 heavy (non-hydrogen) atoms. The molecule has 1 fully saturated rings. The molecule has 3 aromatic carbocycles. The molecule has 17 nitrogen and oxygen atoms in total. The van der Waals surface area contributed by atoms with Crippen LogP contribution in [0.15, 0.2) is 123 Å². The molecule has 374 valence electrons. The summed E-state index contributed by atoms with van der Waals surface area (Å²) in [5.74, 6) is -1.32. The Labute approximate surface area is 409 Å². The van der Waals surface area contributed by atoms with Crippen LogP contribution in [0, 0.1) is 0 Å². The van der Waals surface area contributed by atoms with Crippen molar-refractivity contribution in [3.8, 4) is 5.75 Å².